The molecule has 0 bridgehead atoms. The summed E-state index contributed by atoms with van der Waals surface area (Å²) in [6.07, 6.45) is 5.91. The van der Waals surface area contributed by atoms with Crippen molar-refractivity contribution < 1.29 is 13.9 Å². The van der Waals surface area contributed by atoms with E-state index in [-0.39, 0.29) is 17.5 Å². The molecule has 4 heteroatoms. The van der Waals surface area contributed by atoms with Crippen LogP contribution in [0, 0.1) is 0 Å². The molecule has 0 amide bonds. The molecule has 1 heterocycles. The first kappa shape index (κ1) is 19.9. The van der Waals surface area contributed by atoms with Gasteiger partial charge in [0.1, 0.15) is 5.83 Å². The Morgan fingerprint density at radius 3 is 2.32 bits per heavy atom. The fourth-order valence-corrected chi connectivity index (χ4v) is 3.34. The lowest BCUT2D eigenvalue weighted by atomic mass is 9.95. The number of hydrogen-bond acceptors (Lipinski definition) is 2. The highest BCUT2D eigenvalue weighted by atomic mass is 79.9. The molecule has 128 valence electrons. The van der Waals surface area contributed by atoms with E-state index in [0.29, 0.717) is 5.33 Å². The van der Waals surface area contributed by atoms with Crippen molar-refractivity contribution in [3.05, 3.63) is 23.0 Å². The molecule has 1 aliphatic heterocycles. The average molecular weight is 377 g/mol. The smallest absolute Gasteiger partial charge is 0.164 e. The van der Waals surface area contributed by atoms with Crippen LogP contribution >= 0.6 is 15.9 Å². The molecule has 1 fully saturated rings. The third-order valence-corrected chi connectivity index (χ3v) is 4.60. The normalized spacial score (nSPS) is 25.3. The summed E-state index contributed by atoms with van der Waals surface area (Å²) < 4.78 is 25.3. The molecule has 1 aliphatic rings. The minimum Gasteiger partial charge on any atom is -0.344 e. The van der Waals surface area contributed by atoms with E-state index in [9.17, 15) is 4.39 Å². The van der Waals surface area contributed by atoms with E-state index in [1.54, 1.807) is 0 Å². The molecule has 0 aromatic rings. The maximum Gasteiger partial charge on any atom is 0.164 e. The number of allylic oxidation sites excluding steroid dienone is 4. The van der Waals surface area contributed by atoms with Crippen LogP contribution in [0.15, 0.2) is 23.0 Å². The Bertz CT molecular complexity index is 438. The molecule has 0 unspecified atom stereocenters. The molecule has 1 saturated heterocycles. The topological polar surface area (TPSA) is 18.5 Å². The van der Waals surface area contributed by atoms with Crippen molar-refractivity contribution in [1.29, 1.82) is 0 Å². The highest BCUT2D eigenvalue weighted by Crippen LogP contribution is 2.38. The number of rotatable bonds is 7. The summed E-state index contributed by atoms with van der Waals surface area (Å²) in [5.74, 6) is -0.549. The molecule has 0 aromatic heterocycles. The molecule has 1 atom stereocenters. The van der Waals surface area contributed by atoms with Crippen LogP contribution < -0.4 is 0 Å². The number of halogens is 2. The molecule has 0 aromatic carbocycles. The van der Waals surface area contributed by atoms with Crippen molar-refractivity contribution in [3.63, 3.8) is 0 Å². The van der Waals surface area contributed by atoms with Gasteiger partial charge < -0.3 is 9.47 Å². The van der Waals surface area contributed by atoms with Gasteiger partial charge in [-0.2, -0.15) is 0 Å². The van der Waals surface area contributed by atoms with Gasteiger partial charge in [-0.1, -0.05) is 27.6 Å². The van der Waals surface area contributed by atoms with E-state index in [0.717, 1.165) is 31.3 Å². The van der Waals surface area contributed by atoms with Crippen LogP contribution in [0.1, 0.15) is 67.2 Å². The second-order valence-electron chi connectivity index (χ2n) is 7.16. The number of alkyl halides is 1. The zero-order chi connectivity index (χ0) is 17.0. The minimum absolute atomic E-state index is 0.0495. The molecule has 22 heavy (non-hydrogen) atoms. The fourth-order valence-electron chi connectivity index (χ4n) is 2.86. The summed E-state index contributed by atoms with van der Waals surface area (Å²) in [7, 11) is 0. The van der Waals surface area contributed by atoms with Crippen molar-refractivity contribution in [3.8, 4) is 0 Å². The van der Waals surface area contributed by atoms with Crippen molar-refractivity contribution >= 4 is 15.9 Å². The Labute approximate surface area is 143 Å². The molecular formula is C18H30BrFO2. The second-order valence-corrected chi connectivity index (χ2v) is 7.72. The first-order valence-corrected chi connectivity index (χ1v) is 9.13. The Balaban J connectivity index is 2.43. The van der Waals surface area contributed by atoms with Crippen molar-refractivity contribution in [1.82, 2.24) is 0 Å². The van der Waals surface area contributed by atoms with Gasteiger partial charge in [0.25, 0.3) is 0 Å². The van der Waals surface area contributed by atoms with Gasteiger partial charge in [0.15, 0.2) is 5.79 Å². The van der Waals surface area contributed by atoms with Crippen molar-refractivity contribution in [2.45, 2.75) is 84.7 Å². The standard InChI is InChI=1S/C18H30BrFO2/c1-13(8-7-9-14(2)15(20)12-19)10-11-16-17(3,4)22-18(5,6)21-16/h8,16H,7,9-12H2,1-6H3/b13-8+,15-14-/t16-/m1/s1. The van der Waals surface area contributed by atoms with E-state index in [1.165, 1.54) is 5.57 Å². The molecule has 1 rings (SSSR count). The Kier molecular flexibility index (Phi) is 7.28. The van der Waals surface area contributed by atoms with Gasteiger partial charge in [0, 0.05) is 0 Å². The van der Waals surface area contributed by atoms with Gasteiger partial charge >= 0.3 is 0 Å². The summed E-state index contributed by atoms with van der Waals surface area (Å²) in [5.41, 5.74) is 1.91. The summed E-state index contributed by atoms with van der Waals surface area (Å²) in [5, 5.41) is 0.311. The summed E-state index contributed by atoms with van der Waals surface area (Å²) >= 11 is 3.14. The van der Waals surface area contributed by atoms with Crippen LogP contribution in [0.4, 0.5) is 4.39 Å². The zero-order valence-corrected chi connectivity index (χ0v) is 16.3. The Morgan fingerprint density at radius 2 is 1.82 bits per heavy atom. The molecular weight excluding hydrogens is 347 g/mol. The first-order valence-electron chi connectivity index (χ1n) is 8.01. The van der Waals surface area contributed by atoms with Crippen LogP contribution in [-0.2, 0) is 9.47 Å². The first-order chi connectivity index (χ1) is 10.1. The number of ether oxygens (including phenoxy) is 2. The zero-order valence-electron chi connectivity index (χ0n) is 14.8. The van der Waals surface area contributed by atoms with Crippen LogP contribution in [-0.4, -0.2) is 22.8 Å². The van der Waals surface area contributed by atoms with E-state index in [2.05, 4.69) is 42.8 Å². The van der Waals surface area contributed by atoms with Crippen molar-refractivity contribution in [2.75, 3.05) is 5.33 Å². The molecule has 0 N–H and O–H groups in total. The predicted octanol–water partition coefficient (Wildman–Crippen LogP) is 6.06. The Morgan fingerprint density at radius 1 is 1.18 bits per heavy atom. The quantitative estimate of drug-likeness (QED) is 0.396. The molecule has 2 nitrogen and oxygen atoms in total. The lowest BCUT2D eigenvalue weighted by molar-refractivity contribution is -0.157. The fraction of sp³-hybridized carbons (Fsp3) is 0.778. The van der Waals surface area contributed by atoms with Crippen LogP contribution in [0.25, 0.3) is 0 Å². The maximum atomic E-state index is 13.3. The summed E-state index contributed by atoms with van der Waals surface area (Å²) in [6.45, 7) is 12.1. The van der Waals surface area contributed by atoms with E-state index in [4.69, 9.17) is 9.47 Å². The largest absolute Gasteiger partial charge is 0.344 e. The van der Waals surface area contributed by atoms with Crippen molar-refractivity contribution in [2.24, 2.45) is 0 Å². The molecule has 0 saturated carbocycles. The van der Waals surface area contributed by atoms with Gasteiger partial charge in [-0.05, 0) is 72.8 Å². The average Bonchev–Trinajstić information content (AvgIpc) is 2.62. The summed E-state index contributed by atoms with van der Waals surface area (Å²) in [6, 6.07) is 0. The lowest BCUT2D eigenvalue weighted by Crippen LogP contribution is -2.33. The van der Waals surface area contributed by atoms with Crippen LogP contribution in [0.3, 0.4) is 0 Å². The van der Waals surface area contributed by atoms with Gasteiger partial charge in [0.05, 0.1) is 17.0 Å². The maximum absolute atomic E-state index is 13.3. The van der Waals surface area contributed by atoms with E-state index >= 15 is 0 Å². The Hall–Kier alpha value is -0.190. The third kappa shape index (κ3) is 6.13. The molecule has 0 aliphatic carbocycles. The third-order valence-electron chi connectivity index (χ3n) is 4.10. The van der Waals surface area contributed by atoms with Gasteiger partial charge in [0.2, 0.25) is 0 Å². The van der Waals surface area contributed by atoms with Crippen LogP contribution in [0.2, 0.25) is 0 Å². The lowest BCUT2D eigenvalue weighted by Gasteiger charge is -2.24. The number of hydrogen-bond donors (Lipinski definition) is 0. The molecule has 0 spiro atoms. The van der Waals surface area contributed by atoms with Gasteiger partial charge in [-0.3, -0.25) is 0 Å². The highest BCUT2D eigenvalue weighted by Gasteiger charge is 2.46. The van der Waals surface area contributed by atoms with E-state index in [1.807, 2.05) is 20.8 Å². The highest BCUT2D eigenvalue weighted by molar-refractivity contribution is 9.09. The predicted molar refractivity (Wildman–Crippen MR) is 93.9 cm³/mol. The SMILES string of the molecule is C/C(CC/C=C(\C)CC[C@H]1OC(C)(C)OC1(C)C)=C(/F)CBr. The van der Waals surface area contributed by atoms with Gasteiger partial charge in [-0.15, -0.1) is 0 Å². The minimum atomic E-state index is -0.499. The van der Waals surface area contributed by atoms with E-state index < -0.39 is 5.79 Å². The van der Waals surface area contributed by atoms with Gasteiger partial charge in [-0.25, -0.2) is 4.39 Å². The van der Waals surface area contributed by atoms with Crippen LogP contribution in [0.5, 0.6) is 0 Å². The summed E-state index contributed by atoms with van der Waals surface area (Å²) in [4.78, 5) is 0. The second kappa shape index (κ2) is 8.07. The monoisotopic (exact) mass is 376 g/mol. The molecule has 0 radical (unpaired) electrons.